The Hall–Kier alpha value is -2.28. The van der Waals surface area contributed by atoms with E-state index in [0.29, 0.717) is 19.8 Å². The first-order valence-electron chi connectivity index (χ1n) is 9.03. The fourth-order valence-corrected chi connectivity index (χ4v) is 3.69. The van der Waals surface area contributed by atoms with Crippen LogP contribution in [-0.4, -0.2) is 37.2 Å². The molecule has 0 fully saturated rings. The average molecular weight is 375 g/mol. The number of anilines is 1. The van der Waals surface area contributed by atoms with E-state index in [2.05, 4.69) is 34.5 Å². The zero-order chi connectivity index (χ0) is 18.4. The number of thiazole rings is 1. The fourth-order valence-electron chi connectivity index (χ4n) is 2.76. The molecule has 2 aromatic rings. The molecule has 2 N–H and O–H groups in total. The second kappa shape index (κ2) is 8.89. The van der Waals surface area contributed by atoms with Crippen molar-refractivity contribution in [3.63, 3.8) is 0 Å². The number of ether oxygens (including phenoxy) is 2. The van der Waals surface area contributed by atoms with E-state index in [9.17, 15) is 0 Å². The Morgan fingerprint density at radius 3 is 2.77 bits per heavy atom. The van der Waals surface area contributed by atoms with Gasteiger partial charge in [-0.1, -0.05) is 0 Å². The lowest BCUT2D eigenvalue weighted by Crippen LogP contribution is -2.30. The van der Waals surface area contributed by atoms with Gasteiger partial charge in [0.05, 0.1) is 23.9 Å². The number of guanidine groups is 1. The molecule has 0 bridgehead atoms. The molecular weight excluding hydrogens is 348 g/mol. The summed E-state index contributed by atoms with van der Waals surface area (Å²) in [5, 5.41) is 7.74. The van der Waals surface area contributed by atoms with Crippen LogP contribution in [0.25, 0.3) is 0 Å². The van der Waals surface area contributed by atoms with Crippen LogP contribution < -0.4 is 20.1 Å². The van der Waals surface area contributed by atoms with E-state index in [1.165, 1.54) is 4.88 Å². The Morgan fingerprint density at radius 2 is 2.04 bits per heavy atom. The smallest absolute Gasteiger partial charge is 0.195 e. The molecule has 0 unspecified atom stereocenters. The van der Waals surface area contributed by atoms with Gasteiger partial charge in [0.1, 0.15) is 0 Å². The van der Waals surface area contributed by atoms with Crippen LogP contribution in [0.15, 0.2) is 23.2 Å². The standard InChI is InChI=1S/C19H26N4O2S/c1-4-20-19(21-9-8-18-13(2)22-14(3)26-18)23-15-6-7-16-17(12-15)25-11-5-10-24-16/h6-7,12H,4-5,8-11H2,1-3H3,(H2,20,21,23). The lowest BCUT2D eigenvalue weighted by atomic mass is 10.2. The lowest BCUT2D eigenvalue weighted by molar-refractivity contribution is 0.297. The summed E-state index contributed by atoms with van der Waals surface area (Å²) in [7, 11) is 0. The van der Waals surface area contributed by atoms with Gasteiger partial charge in [-0.05, 0) is 32.9 Å². The van der Waals surface area contributed by atoms with E-state index in [0.717, 1.165) is 53.2 Å². The SMILES string of the molecule is CCNC(=NCCc1sc(C)nc1C)Nc1ccc2c(c1)OCCCO2. The third-order valence-electron chi connectivity index (χ3n) is 3.96. The summed E-state index contributed by atoms with van der Waals surface area (Å²) in [5.74, 6) is 2.34. The molecule has 0 spiro atoms. The summed E-state index contributed by atoms with van der Waals surface area (Å²) in [6.07, 6.45) is 1.80. The molecule has 7 heteroatoms. The Bertz CT molecular complexity index is 773. The molecule has 3 rings (SSSR count). The number of nitrogens with zero attached hydrogens (tertiary/aromatic N) is 2. The third kappa shape index (κ3) is 4.88. The maximum absolute atomic E-state index is 5.75. The van der Waals surface area contributed by atoms with E-state index in [1.807, 2.05) is 25.1 Å². The normalized spacial score (nSPS) is 14.0. The molecule has 0 saturated heterocycles. The van der Waals surface area contributed by atoms with E-state index in [4.69, 9.17) is 9.47 Å². The minimum absolute atomic E-state index is 0.679. The highest BCUT2D eigenvalue weighted by molar-refractivity contribution is 7.11. The van der Waals surface area contributed by atoms with Crippen molar-refractivity contribution >= 4 is 23.0 Å². The Kier molecular flexibility index (Phi) is 6.33. The van der Waals surface area contributed by atoms with Crippen molar-refractivity contribution in [1.82, 2.24) is 10.3 Å². The van der Waals surface area contributed by atoms with Crippen LogP contribution in [-0.2, 0) is 6.42 Å². The zero-order valence-electron chi connectivity index (χ0n) is 15.6. The molecule has 26 heavy (non-hydrogen) atoms. The van der Waals surface area contributed by atoms with Gasteiger partial charge in [0, 0.05) is 42.6 Å². The van der Waals surface area contributed by atoms with Gasteiger partial charge in [-0.3, -0.25) is 4.99 Å². The number of rotatable bonds is 5. The summed E-state index contributed by atoms with van der Waals surface area (Å²) < 4.78 is 11.4. The number of aliphatic imine (C=N–C) groups is 1. The number of aryl methyl sites for hydroxylation is 2. The molecule has 0 saturated carbocycles. The first kappa shape index (κ1) is 18.5. The van der Waals surface area contributed by atoms with Crippen molar-refractivity contribution in [2.75, 3.05) is 31.6 Å². The van der Waals surface area contributed by atoms with Gasteiger partial charge < -0.3 is 20.1 Å². The fraction of sp³-hybridized carbons (Fsp3) is 0.474. The van der Waals surface area contributed by atoms with Gasteiger partial charge in [-0.2, -0.15) is 0 Å². The van der Waals surface area contributed by atoms with E-state index < -0.39 is 0 Å². The number of aromatic nitrogens is 1. The molecule has 1 aliphatic heterocycles. The highest BCUT2D eigenvalue weighted by Crippen LogP contribution is 2.32. The van der Waals surface area contributed by atoms with E-state index >= 15 is 0 Å². The predicted octanol–water partition coefficient (Wildman–Crippen LogP) is 3.54. The monoisotopic (exact) mass is 374 g/mol. The van der Waals surface area contributed by atoms with E-state index in [-0.39, 0.29) is 0 Å². The van der Waals surface area contributed by atoms with E-state index in [1.54, 1.807) is 11.3 Å². The Labute approximate surface area is 158 Å². The van der Waals surface area contributed by atoms with Crippen LogP contribution in [0.2, 0.25) is 0 Å². The Morgan fingerprint density at radius 1 is 1.23 bits per heavy atom. The predicted molar refractivity (Wildman–Crippen MR) is 107 cm³/mol. The molecule has 0 amide bonds. The maximum atomic E-state index is 5.75. The van der Waals surface area contributed by atoms with Gasteiger partial charge in [0.15, 0.2) is 17.5 Å². The van der Waals surface area contributed by atoms with Crippen molar-refractivity contribution in [2.24, 2.45) is 4.99 Å². The van der Waals surface area contributed by atoms with Crippen molar-refractivity contribution in [3.05, 3.63) is 33.8 Å². The highest BCUT2D eigenvalue weighted by atomic mass is 32.1. The minimum atomic E-state index is 0.679. The summed E-state index contributed by atoms with van der Waals surface area (Å²) in [4.78, 5) is 10.5. The Balaban J connectivity index is 1.66. The second-order valence-corrected chi connectivity index (χ2v) is 7.38. The van der Waals surface area contributed by atoms with Crippen molar-refractivity contribution in [2.45, 2.75) is 33.6 Å². The van der Waals surface area contributed by atoms with Crippen LogP contribution >= 0.6 is 11.3 Å². The van der Waals surface area contributed by atoms with Gasteiger partial charge in [0.25, 0.3) is 0 Å². The van der Waals surface area contributed by atoms with Crippen LogP contribution in [0.5, 0.6) is 11.5 Å². The second-order valence-electron chi connectivity index (χ2n) is 6.09. The number of nitrogens with one attached hydrogen (secondary N) is 2. The molecule has 1 aromatic heterocycles. The topological polar surface area (TPSA) is 67.8 Å². The van der Waals surface area contributed by atoms with Crippen LogP contribution in [0, 0.1) is 13.8 Å². The molecule has 2 heterocycles. The first-order chi connectivity index (χ1) is 12.7. The quantitative estimate of drug-likeness (QED) is 0.619. The van der Waals surface area contributed by atoms with Crippen molar-refractivity contribution in [1.29, 1.82) is 0 Å². The molecule has 1 aromatic carbocycles. The van der Waals surface area contributed by atoms with Crippen LogP contribution in [0.1, 0.15) is 28.9 Å². The minimum Gasteiger partial charge on any atom is -0.490 e. The number of fused-ring (bicyclic) bond motifs is 1. The van der Waals surface area contributed by atoms with Crippen molar-refractivity contribution < 1.29 is 9.47 Å². The zero-order valence-corrected chi connectivity index (χ0v) is 16.4. The maximum Gasteiger partial charge on any atom is 0.195 e. The number of hydrogen-bond donors (Lipinski definition) is 2. The summed E-state index contributed by atoms with van der Waals surface area (Å²) >= 11 is 1.75. The molecule has 140 valence electrons. The lowest BCUT2D eigenvalue weighted by Gasteiger charge is -2.13. The van der Waals surface area contributed by atoms with Gasteiger partial charge in [-0.25, -0.2) is 4.98 Å². The molecular formula is C19H26N4O2S. The molecule has 1 aliphatic rings. The van der Waals surface area contributed by atoms with Gasteiger partial charge in [-0.15, -0.1) is 11.3 Å². The number of benzene rings is 1. The van der Waals surface area contributed by atoms with Crippen LogP contribution in [0.4, 0.5) is 5.69 Å². The number of hydrogen-bond acceptors (Lipinski definition) is 5. The largest absolute Gasteiger partial charge is 0.490 e. The van der Waals surface area contributed by atoms with Crippen LogP contribution in [0.3, 0.4) is 0 Å². The average Bonchev–Trinajstić information content (AvgIpc) is 2.81. The third-order valence-corrected chi connectivity index (χ3v) is 5.10. The molecule has 0 atom stereocenters. The summed E-state index contributed by atoms with van der Waals surface area (Å²) in [5.41, 5.74) is 2.04. The molecule has 0 aliphatic carbocycles. The summed E-state index contributed by atoms with van der Waals surface area (Å²) in [6.45, 7) is 9.04. The molecule has 0 radical (unpaired) electrons. The van der Waals surface area contributed by atoms with Crippen molar-refractivity contribution in [3.8, 4) is 11.5 Å². The highest BCUT2D eigenvalue weighted by Gasteiger charge is 2.11. The molecule has 6 nitrogen and oxygen atoms in total. The summed E-state index contributed by atoms with van der Waals surface area (Å²) in [6, 6.07) is 5.89. The first-order valence-corrected chi connectivity index (χ1v) is 9.85. The van der Waals surface area contributed by atoms with Gasteiger partial charge >= 0.3 is 0 Å². The van der Waals surface area contributed by atoms with Gasteiger partial charge in [0.2, 0.25) is 0 Å².